The second kappa shape index (κ2) is 13.7. The number of benzene rings is 2. The number of methoxy groups -OCH3 is 2. The molecule has 1 fully saturated rings. The highest BCUT2D eigenvalue weighted by atomic mass is 32.2. The van der Waals surface area contributed by atoms with Gasteiger partial charge in [-0.25, -0.2) is 26.5 Å². The summed E-state index contributed by atoms with van der Waals surface area (Å²) in [4.78, 5) is 32.1. The molecule has 1 N–H and O–H groups in total. The van der Waals surface area contributed by atoms with Gasteiger partial charge in [0.1, 0.15) is 40.3 Å². The first-order chi connectivity index (χ1) is 22.7. The van der Waals surface area contributed by atoms with Crippen LogP contribution in [0.3, 0.4) is 0 Å². The van der Waals surface area contributed by atoms with E-state index < -0.39 is 51.0 Å². The molecule has 256 valence electrons. The van der Waals surface area contributed by atoms with Crippen molar-refractivity contribution in [3.05, 3.63) is 81.8 Å². The second-order valence-electron chi connectivity index (χ2n) is 10.9. The monoisotopic (exact) mass is 693 g/mol. The zero-order chi connectivity index (χ0) is 34.9. The van der Waals surface area contributed by atoms with Gasteiger partial charge >= 0.3 is 6.61 Å². The third-order valence-electron chi connectivity index (χ3n) is 7.93. The average Bonchev–Trinajstić information content (AvgIpc) is 3.28. The van der Waals surface area contributed by atoms with Crippen LogP contribution in [-0.2, 0) is 17.1 Å². The van der Waals surface area contributed by atoms with Crippen LogP contribution in [0.15, 0.2) is 53.3 Å². The lowest BCUT2D eigenvalue weighted by Gasteiger charge is -2.30. The Hall–Kier alpha value is -4.90. The Bertz CT molecular complexity index is 1990. The first kappa shape index (κ1) is 34.4. The Morgan fingerprint density at radius 3 is 2.08 bits per heavy atom. The molecule has 5 rings (SSSR count). The third kappa shape index (κ3) is 7.01. The molecule has 0 atom stereocenters. The third-order valence-corrected chi connectivity index (χ3v) is 9.24. The van der Waals surface area contributed by atoms with E-state index >= 15 is 8.78 Å². The number of halogens is 4. The quantitative estimate of drug-likeness (QED) is 0.240. The highest BCUT2D eigenvalue weighted by molar-refractivity contribution is 7.88. The lowest BCUT2D eigenvalue weighted by molar-refractivity contribution is -0.0498. The summed E-state index contributed by atoms with van der Waals surface area (Å²) in [5, 5.41) is 2.43. The molecule has 0 radical (unpaired) electrons. The molecule has 0 spiro atoms. The van der Waals surface area contributed by atoms with Gasteiger partial charge < -0.3 is 19.5 Å². The van der Waals surface area contributed by atoms with Gasteiger partial charge in [-0.05, 0) is 37.1 Å². The molecule has 0 aliphatic carbocycles. The zero-order valence-corrected chi connectivity index (χ0v) is 27.0. The summed E-state index contributed by atoms with van der Waals surface area (Å²) in [5.41, 5.74) is -2.00. The van der Waals surface area contributed by atoms with Crippen molar-refractivity contribution in [1.82, 2.24) is 18.7 Å². The SMILES string of the molecule is COc1cc(C2CCN(S(C)(=O)=O)CC2)nc(-n2c(=O)c(NC(=O)c3ccc(OC(F)F)cc3)c(-c3c(F)cc(OC)cc3F)n2C)c1. The summed E-state index contributed by atoms with van der Waals surface area (Å²) >= 11 is 0. The molecule has 4 aromatic rings. The van der Waals surface area contributed by atoms with Gasteiger partial charge in [0, 0.05) is 61.6 Å². The number of rotatable bonds is 10. The molecule has 0 unspecified atom stereocenters. The van der Waals surface area contributed by atoms with Crippen LogP contribution in [0, 0.1) is 11.6 Å². The molecule has 17 heteroatoms. The number of amides is 1. The fourth-order valence-corrected chi connectivity index (χ4v) is 6.43. The van der Waals surface area contributed by atoms with Crippen molar-refractivity contribution in [2.45, 2.75) is 25.4 Å². The van der Waals surface area contributed by atoms with Crippen molar-refractivity contribution in [2.75, 3.05) is 38.9 Å². The minimum absolute atomic E-state index is 0.00743. The van der Waals surface area contributed by atoms with Crippen LogP contribution < -0.4 is 25.1 Å². The summed E-state index contributed by atoms with van der Waals surface area (Å²) in [6.45, 7) is -2.57. The molecule has 0 saturated carbocycles. The number of carbonyl (C=O) groups excluding carboxylic acids is 1. The van der Waals surface area contributed by atoms with E-state index in [2.05, 4.69) is 15.0 Å². The minimum Gasteiger partial charge on any atom is -0.497 e. The number of nitrogens with one attached hydrogen (secondary N) is 1. The average molecular weight is 694 g/mol. The number of sulfonamides is 1. The van der Waals surface area contributed by atoms with Gasteiger partial charge in [0.2, 0.25) is 10.0 Å². The molecule has 1 saturated heterocycles. The number of hydrogen-bond acceptors (Lipinski definition) is 8. The Morgan fingerprint density at radius 2 is 1.54 bits per heavy atom. The highest BCUT2D eigenvalue weighted by Gasteiger charge is 2.30. The maximum Gasteiger partial charge on any atom is 0.387 e. The highest BCUT2D eigenvalue weighted by Crippen LogP contribution is 2.35. The van der Waals surface area contributed by atoms with E-state index in [4.69, 9.17) is 9.47 Å². The number of anilines is 1. The molecule has 3 heterocycles. The van der Waals surface area contributed by atoms with Gasteiger partial charge in [0.05, 0.1) is 26.0 Å². The minimum atomic E-state index is -3.38. The zero-order valence-electron chi connectivity index (χ0n) is 26.2. The van der Waals surface area contributed by atoms with Gasteiger partial charge in [-0.2, -0.15) is 13.5 Å². The number of nitrogens with zero attached hydrogens (tertiary/aromatic N) is 4. The van der Waals surface area contributed by atoms with E-state index in [-0.39, 0.29) is 47.6 Å². The van der Waals surface area contributed by atoms with Gasteiger partial charge in [0.25, 0.3) is 11.5 Å². The number of carbonyl (C=O) groups is 1. The Morgan fingerprint density at radius 1 is 0.958 bits per heavy atom. The lowest BCUT2D eigenvalue weighted by Crippen LogP contribution is -2.37. The van der Waals surface area contributed by atoms with Crippen LogP contribution in [0.5, 0.6) is 17.2 Å². The molecule has 48 heavy (non-hydrogen) atoms. The first-order valence-electron chi connectivity index (χ1n) is 14.4. The molecule has 1 amide bonds. The topological polar surface area (TPSA) is 134 Å². The first-order valence-corrected chi connectivity index (χ1v) is 16.3. The summed E-state index contributed by atoms with van der Waals surface area (Å²) in [6.07, 6.45) is 2.01. The number of alkyl halides is 2. The maximum atomic E-state index is 15.5. The van der Waals surface area contributed by atoms with Crippen molar-refractivity contribution in [2.24, 2.45) is 7.05 Å². The number of hydrogen-bond donors (Lipinski definition) is 1. The molecule has 2 aromatic carbocycles. The van der Waals surface area contributed by atoms with Crippen LogP contribution in [-0.4, -0.2) is 73.2 Å². The van der Waals surface area contributed by atoms with Crippen LogP contribution in [0.1, 0.15) is 34.8 Å². The number of ether oxygens (including phenoxy) is 3. The summed E-state index contributed by atoms with van der Waals surface area (Å²) in [7, 11) is 0.585. The van der Waals surface area contributed by atoms with Crippen LogP contribution in [0.2, 0.25) is 0 Å². The van der Waals surface area contributed by atoms with E-state index in [1.807, 2.05) is 0 Å². The second-order valence-corrected chi connectivity index (χ2v) is 12.9. The van der Waals surface area contributed by atoms with E-state index in [9.17, 15) is 26.8 Å². The van der Waals surface area contributed by atoms with Crippen molar-refractivity contribution in [1.29, 1.82) is 0 Å². The summed E-state index contributed by atoms with van der Waals surface area (Å²) in [5.74, 6) is -3.34. The Balaban J connectivity index is 1.63. The van der Waals surface area contributed by atoms with Crippen molar-refractivity contribution in [3.63, 3.8) is 0 Å². The van der Waals surface area contributed by atoms with E-state index in [0.717, 1.165) is 39.9 Å². The molecular formula is C31H31F4N5O7S. The van der Waals surface area contributed by atoms with Gasteiger partial charge in [-0.1, -0.05) is 0 Å². The van der Waals surface area contributed by atoms with Crippen LogP contribution in [0.4, 0.5) is 23.2 Å². The Kier molecular flexibility index (Phi) is 9.81. The largest absolute Gasteiger partial charge is 0.497 e. The molecule has 12 nitrogen and oxygen atoms in total. The summed E-state index contributed by atoms with van der Waals surface area (Å²) < 4.78 is 98.5. The molecule has 1 aliphatic heterocycles. The molecule has 1 aliphatic rings. The standard InChI is InChI=1S/C31H31F4N5O7S/c1-38-28(26-22(32)13-20(45-2)14-23(26)33)27(37-29(41)18-5-7-19(8-6-18)47-31(34)35)30(42)40(38)25-16-21(46-3)15-24(36-25)17-9-11-39(12-10-17)48(4,43)44/h5-8,13-17,31H,9-12H2,1-4H3,(H,37,41). The van der Waals surface area contributed by atoms with Gasteiger partial charge in [-0.15, -0.1) is 0 Å². The van der Waals surface area contributed by atoms with Crippen molar-refractivity contribution >= 4 is 21.6 Å². The van der Waals surface area contributed by atoms with Gasteiger partial charge in [0.15, 0.2) is 5.82 Å². The molecule has 2 aromatic heterocycles. The molecule has 0 bridgehead atoms. The normalized spacial score (nSPS) is 14.3. The maximum absolute atomic E-state index is 15.5. The van der Waals surface area contributed by atoms with Crippen molar-refractivity contribution in [3.8, 4) is 34.3 Å². The predicted octanol–water partition coefficient (Wildman–Crippen LogP) is 4.53. The van der Waals surface area contributed by atoms with E-state index in [1.165, 1.54) is 43.8 Å². The predicted molar refractivity (Wildman–Crippen MR) is 167 cm³/mol. The van der Waals surface area contributed by atoms with Crippen LogP contribution >= 0.6 is 0 Å². The number of aromatic nitrogens is 3. The van der Waals surface area contributed by atoms with Gasteiger partial charge in [-0.3, -0.25) is 14.3 Å². The molecular weight excluding hydrogens is 662 g/mol. The Labute approximate surface area is 272 Å². The van der Waals surface area contributed by atoms with E-state index in [0.29, 0.717) is 24.3 Å². The smallest absolute Gasteiger partial charge is 0.387 e. The van der Waals surface area contributed by atoms with E-state index in [1.54, 1.807) is 6.07 Å². The van der Waals surface area contributed by atoms with Crippen molar-refractivity contribution < 1.29 is 45.0 Å². The lowest BCUT2D eigenvalue weighted by atomic mass is 9.94. The van der Waals surface area contributed by atoms with Crippen LogP contribution in [0.25, 0.3) is 17.1 Å². The summed E-state index contributed by atoms with van der Waals surface area (Å²) in [6, 6.07) is 9.50. The fraction of sp³-hybridized carbons (Fsp3) is 0.323. The fourth-order valence-electron chi connectivity index (χ4n) is 5.56. The number of piperidine rings is 1. The number of pyridine rings is 1.